The maximum absolute atomic E-state index is 12.2. The van der Waals surface area contributed by atoms with Crippen molar-refractivity contribution in [2.75, 3.05) is 6.54 Å². The monoisotopic (exact) mass is 305 g/mol. The van der Waals surface area contributed by atoms with Crippen molar-refractivity contribution in [1.82, 2.24) is 14.3 Å². The molecule has 21 heavy (non-hydrogen) atoms. The summed E-state index contributed by atoms with van der Waals surface area (Å²) in [4.78, 5) is 19.2. The van der Waals surface area contributed by atoms with Gasteiger partial charge in [-0.15, -0.1) is 0 Å². The van der Waals surface area contributed by atoms with E-state index in [0.717, 1.165) is 25.2 Å². The summed E-state index contributed by atoms with van der Waals surface area (Å²) in [6, 6.07) is 5.80. The number of nitrogens with zero attached hydrogens (tertiary/aromatic N) is 3. The van der Waals surface area contributed by atoms with E-state index in [4.69, 9.17) is 11.6 Å². The molecule has 1 fully saturated rings. The number of likely N-dealkylation sites (tertiary alicyclic amines) is 1. The predicted octanol–water partition coefficient (Wildman–Crippen LogP) is 3.11. The number of fused-ring (bicyclic) bond motifs is 1. The number of piperidine rings is 1. The molecular weight excluding hydrogens is 286 g/mol. The number of halogens is 1. The molecule has 4 nitrogen and oxygen atoms in total. The highest BCUT2D eigenvalue weighted by Gasteiger charge is 2.21. The molecule has 0 bridgehead atoms. The van der Waals surface area contributed by atoms with E-state index in [-0.39, 0.29) is 5.56 Å². The summed E-state index contributed by atoms with van der Waals surface area (Å²) in [5.41, 5.74) is 1.44. The largest absolute Gasteiger partial charge is 0.295 e. The highest BCUT2D eigenvalue weighted by atomic mass is 35.5. The lowest BCUT2D eigenvalue weighted by molar-refractivity contribution is 0.134. The quantitative estimate of drug-likeness (QED) is 0.874. The fourth-order valence-electron chi connectivity index (χ4n) is 3.15. The highest BCUT2D eigenvalue weighted by molar-refractivity contribution is 6.30. The summed E-state index contributed by atoms with van der Waals surface area (Å²) in [6.45, 7) is 4.08. The number of hydrogen-bond acceptors (Lipinski definition) is 3. The van der Waals surface area contributed by atoms with Gasteiger partial charge < -0.3 is 0 Å². The van der Waals surface area contributed by atoms with E-state index in [9.17, 15) is 4.79 Å². The molecule has 0 amide bonds. The van der Waals surface area contributed by atoms with E-state index < -0.39 is 0 Å². The normalized spacial score (nSPS) is 20.0. The van der Waals surface area contributed by atoms with Crippen LogP contribution in [0.4, 0.5) is 0 Å². The van der Waals surface area contributed by atoms with Crippen molar-refractivity contribution in [2.45, 2.75) is 45.2 Å². The molecule has 2 aromatic heterocycles. The maximum Gasteiger partial charge on any atom is 0.258 e. The van der Waals surface area contributed by atoms with Crippen LogP contribution in [0.15, 0.2) is 29.2 Å². The Balaban J connectivity index is 1.90. The van der Waals surface area contributed by atoms with Crippen molar-refractivity contribution in [2.24, 2.45) is 0 Å². The molecular formula is C16H20ClN3O. The van der Waals surface area contributed by atoms with Crippen molar-refractivity contribution >= 4 is 17.2 Å². The summed E-state index contributed by atoms with van der Waals surface area (Å²) in [6.07, 6.45) is 6.56. The molecule has 0 saturated carbocycles. The van der Waals surface area contributed by atoms with Crippen molar-refractivity contribution in [3.05, 3.63) is 45.5 Å². The third-order valence-corrected chi connectivity index (χ3v) is 4.49. The third kappa shape index (κ3) is 3.11. The minimum absolute atomic E-state index is 0.0671. The molecule has 0 radical (unpaired) electrons. The average Bonchev–Trinajstić information content (AvgIpc) is 2.49. The lowest BCUT2D eigenvalue weighted by atomic mass is 10.00. The Bertz CT molecular complexity index is 697. The Morgan fingerprint density at radius 2 is 2.24 bits per heavy atom. The molecule has 0 aromatic carbocycles. The van der Waals surface area contributed by atoms with Crippen LogP contribution in [0.25, 0.3) is 5.65 Å². The van der Waals surface area contributed by atoms with Gasteiger partial charge in [0.15, 0.2) is 0 Å². The molecule has 0 aliphatic carbocycles. The zero-order valence-corrected chi connectivity index (χ0v) is 13.0. The molecule has 5 heteroatoms. The van der Waals surface area contributed by atoms with Gasteiger partial charge in [-0.25, -0.2) is 4.98 Å². The molecule has 0 N–H and O–H groups in total. The Hall–Kier alpha value is -1.39. The van der Waals surface area contributed by atoms with E-state index in [2.05, 4.69) is 16.8 Å². The van der Waals surface area contributed by atoms with Crippen LogP contribution in [0.1, 0.15) is 38.3 Å². The first-order valence-electron chi connectivity index (χ1n) is 7.59. The zero-order chi connectivity index (χ0) is 14.8. The molecule has 2 aromatic rings. The van der Waals surface area contributed by atoms with Gasteiger partial charge in [0.1, 0.15) is 5.65 Å². The van der Waals surface area contributed by atoms with E-state index in [1.807, 2.05) is 0 Å². The van der Waals surface area contributed by atoms with Gasteiger partial charge in [-0.2, -0.15) is 0 Å². The van der Waals surface area contributed by atoms with E-state index in [1.165, 1.54) is 23.7 Å². The van der Waals surface area contributed by atoms with Gasteiger partial charge in [0.25, 0.3) is 5.56 Å². The first-order valence-corrected chi connectivity index (χ1v) is 7.97. The standard InChI is InChI=1S/C16H20ClN3O/c1-2-14-5-3-4-8-19(14)11-13-9-16(21)20-10-12(17)6-7-15(20)18-13/h6-7,9-10,14H,2-5,8,11H2,1H3/t14-/m1/s1. The lowest BCUT2D eigenvalue weighted by Gasteiger charge is -2.34. The Morgan fingerprint density at radius 3 is 3.05 bits per heavy atom. The molecule has 1 aliphatic rings. The van der Waals surface area contributed by atoms with Crippen LogP contribution in [-0.2, 0) is 6.54 Å². The Kier molecular flexibility index (Phi) is 4.27. The topological polar surface area (TPSA) is 37.6 Å². The molecule has 0 spiro atoms. The minimum Gasteiger partial charge on any atom is -0.295 e. The molecule has 1 aliphatic heterocycles. The second-order valence-electron chi connectivity index (χ2n) is 5.69. The summed E-state index contributed by atoms with van der Waals surface area (Å²) in [5, 5.41) is 0.543. The van der Waals surface area contributed by atoms with Crippen molar-refractivity contribution in [1.29, 1.82) is 0 Å². The molecule has 0 unspecified atom stereocenters. The number of aromatic nitrogens is 2. The first kappa shape index (κ1) is 14.5. The summed E-state index contributed by atoms with van der Waals surface area (Å²) in [5.74, 6) is 0. The summed E-state index contributed by atoms with van der Waals surface area (Å²) in [7, 11) is 0. The third-order valence-electron chi connectivity index (χ3n) is 4.26. The fraction of sp³-hybridized carbons (Fsp3) is 0.500. The second-order valence-corrected chi connectivity index (χ2v) is 6.13. The van der Waals surface area contributed by atoms with Crippen LogP contribution in [0.5, 0.6) is 0 Å². The van der Waals surface area contributed by atoms with Gasteiger partial charge in [-0.3, -0.25) is 14.1 Å². The maximum atomic E-state index is 12.2. The minimum atomic E-state index is -0.0671. The highest BCUT2D eigenvalue weighted by Crippen LogP contribution is 2.21. The predicted molar refractivity (Wildman–Crippen MR) is 84.8 cm³/mol. The zero-order valence-electron chi connectivity index (χ0n) is 12.3. The number of rotatable bonds is 3. The summed E-state index contributed by atoms with van der Waals surface area (Å²) < 4.78 is 1.50. The SMILES string of the molecule is CC[C@@H]1CCCCN1Cc1cc(=O)n2cc(Cl)ccc2n1. The molecule has 112 valence electrons. The van der Waals surface area contributed by atoms with E-state index >= 15 is 0 Å². The van der Waals surface area contributed by atoms with E-state index in [1.54, 1.807) is 24.4 Å². The average molecular weight is 306 g/mol. The Labute approximate surface area is 129 Å². The fourth-order valence-corrected chi connectivity index (χ4v) is 3.31. The van der Waals surface area contributed by atoms with Gasteiger partial charge in [0, 0.05) is 24.8 Å². The lowest BCUT2D eigenvalue weighted by Crippen LogP contribution is -2.39. The van der Waals surface area contributed by atoms with Gasteiger partial charge in [-0.1, -0.05) is 24.9 Å². The van der Waals surface area contributed by atoms with Gasteiger partial charge in [0.2, 0.25) is 0 Å². The van der Waals surface area contributed by atoms with Crippen LogP contribution in [0.2, 0.25) is 5.02 Å². The Morgan fingerprint density at radius 1 is 1.38 bits per heavy atom. The van der Waals surface area contributed by atoms with Crippen molar-refractivity contribution in [3.8, 4) is 0 Å². The first-order chi connectivity index (χ1) is 10.2. The van der Waals surface area contributed by atoms with Crippen LogP contribution in [0.3, 0.4) is 0 Å². The van der Waals surface area contributed by atoms with Crippen molar-refractivity contribution in [3.63, 3.8) is 0 Å². The van der Waals surface area contributed by atoms with Gasteiger partial charge in [0.05, 0.1) is 10.7 Å². The smallest absolute Gasteiger partial charge is 0.258 e. The van der Waals surface area contributed by atoms with Crippen LogP contribution < -0.4 is 5.56 Å². The van der Waals surface area contributed by atoms with Crippen LogP contribution >= 0.6 is 11.6 Å². The summed E-state index contributed by atoms with van der Waals surface area (Å²) >= 11 is 5.93. The van der Waals surface area contributed by atoms with Crippen LogP contribution in [0, 0.1) is 0 Å². The van der Waals surface area contributed by atoms with Gasteiger partial charge >= 0.3 is 0 Å². The number of pyridine rings is 1. The molecule has 3 heterocycles. The molecule has 1 saturated heterocycles. The van der Waals surface area contributed by atoms with E-state index in [0.29, 0.717) is 16.7 Å². The van der Waals surface area contributed by atoms with Gasteiger partial charge in [-0.05, 0) is 37.9 Å². The second kappa shape index (κ2) is 6.16. The number of hydrogen-bond donors (Lipinski definition) is 0. The molecule has 1 atom stereocenters. The van der Waals surface area contributed by atoms with Crippen LogP contribution in [-0.4, -0.2) is 26.9 Å². The molecule has 3 rings (SSSR count). The van der Waals surface area contributed by atoms with Crippen molar-refractivity contribution < 1.29 is 0 Å².